The second-order valence-corrected chi connectivity index (χ2v) is 14.4. The number of methoxy groups -OCH3 is 1. The highest BCUT2D eigenvalue weighted by molar-refractivity contribution is 5.92. The molecule has 0 radical (unpaired) electrons. The number of aromatic nitrogens is 1. The monoisotopic (exact) mass is 690 g/mol. The predicted molar refractivity (Wildman–Crippen MR) is 187 cm³/mol. The third-order valence-electron chi connectivity index (χ3n) is 10.1. The lowest BCUT2D eigenvalue weighted by Crippen LogP contribution is -2.60. The van der Waals surface area contributed by atoms with Crippen LogP contribution in [0.15, 0.2) is 72.6 Å². The molecule has 3 amide bonds. The number of hydrogen-bond donors (Lipinski definition) is 4. The molecule has 1 aromatic heterocycles. The molecule has 1 aromatic carbocycles. The summed E-state index contributed by atoms with van der Waals surface area (Å²) in [5.41, 5.74) is 0.382. The van der Waals surface area contributed by atoms with Crippen LogP contribution in [-0.2, 0) is 25.4 Å². The molecule has 1 unspecified atom stereocenters. The van der Waals surface area contributed by atoms with E-state index in [1.165, 1.54) is 12.0 Å². The van der Waals surface area contributed by atoms with Gasteiger partial charge in [-0.05, 0) is 48.4 Å². The molecule has 0 spiro atoms. The standard InChI is InChI=1S/C38H50N4O8/c1-6-7-16-30(42(36(46)47)29-23-50-34-25(29)17-19-49-34)38(21-24-13-9-8-10-14-24)22-26(27-15-11-12-18-39-27)28(20-31(38)43)40-33(44)32(37(2,3)4)41-35(45)48-5/h8-15,18,20,22,25,29-32,34,43H,6-7,16-17,19,21,23H2,1-5H3,(H,40,44)(H,41,45)(H,46,47)/t25-,29+,30?,31+,32-,34+,38+/m1/s1. The number of amides is 3. The van der Waals surface area contributed by atoms with E-state index in [9.17, 15) is 24.6 Å². The average Bonchev–Trinajstić information content (AvgIpc) is 3.72. The Kier molecular flexibility index (Phi) is 11.7. The van der Waals surface area contributed by atoms with Crippen LogP contribution in [0.25, 0.3) is 5.57 Å². The smallest absolute Gasteiger partial charge is 0.407 e. The van der Waals surface area contributed by atoms with Gasteiger partial charge < -0.3 is 35.1 Å². The number of nitrogens with zero attached hydrogens (tertiary/aromatic N) is 2. The molecule has 12 nitrogen and oxygen atoms in total. The molecule has 3 aliphatic rings. The van der Waals surface area contributed by atoms with E-state index in [-0.39, 0.29) is 12.5 Å². The first-order valence-corrected chi connectivity index (χ1v) is 17.4. The van der Waals surface area contributed by atoms with E-state index in [1.54, 1.807) is 18.3 Å². The zero-order valence-corrected chi connectivity index (χ0v) is 29.5. The van der Waals surface area contributed by atoms with E-state index < -0.39 is 59.4 Å². The van der Waals surface area contributed by atoms with Crippen molar-refractivity contribution in [1.29, 1.82) is 0 Å². The van der Waals surface area contributed by atoms with Crippen LogP contribution >= 0.6 is 0 Å². The normalized spacial score (nSPS) is 25.8. The summed E-state index contributed by atoms with van der Waals surface area (Å²) >= 11 is 0. The number of ether oxygens (including phenoxy) is 3. The van der Waals surface area contributed by atoms with Crippen molar-refractivity contribution in [3.05, 3.63) is 83.8 Å². The second-order valence-electron chi connectivity index (χ2n) is 14.4. The summed E-state index contributed by atoms with van der Waals surface area (Å²) in [6.45, 7) is 8.21. The quantitative estimate of drug-likeness (QED) is 0.237. The highest BCUT2D eigenvalue weighted by Crippen LogP contribution is 2.48. The number of carboxylic acid groups (broad SMARTS) is 1. The molecule has 3 heterocycles. The molecular formula is C38H50N4O8. The van der Waals surface area contributed by atoms with Crippen LogP contribution in [0, 0.1) is 16.7 Å². The fourth-order valence-electron chi connectivity index (χ4n) is 7.55. The Balaban J connectivity index is 1.67. The van der Waals surface area contributed by atoms with Crippen molar-refractivity contribution in [3.63, 3.8) is 0 Å². The third-order valence-corrected chi connectivity index (χ3v) is 10.1. The number of aliphatic hydroxyl groups is 1. The predicted octanol–water partition coefficient (Wildman–Crippen LogP) is 5.14. The minimum absolute atomic E-state index is 0.133. The maximum atomic E-state index is 13.9. The number of pyridine rings is 1. The molecule has 0 saturated carbocycles. The van der Waals surface area contributed by atoms with Crippen molar-refractivity contribution in [2.24, 2.45) is 16.7 Å². The molecule has 4 N–H and O–H groups in total. The van der Waals surface area contributed by atoms with E-state index in [0.717, 1.165) is 12.0 Å². The topological polar surface area (TPSA) is 160 Å². The molecule has 1 aliphatic carbocycles. The number of nitrogens with one attached hydrogen (secondary N) is 2. The number of benzene rings is 1. The van der Waals surface area contributed by atoms with E-state index in [0.29, 0.717) is 49.3 Å². The first kappa shape index (κ1) is 37.0. The largest absolute Gasteiger partial charge is 0.465 e. The Morgan fingerprint density at radius 2 is 1.86 bits per heavy atom. The van der Waals surface area contributed by atoms with E-state index in [2.05, 4.69) is 22.5 Å². The zero-order chi connectivity index (χ0) is 36.1. The van der Waals surface area contributed by atoms with Gasteiger partial charge in [-0.2, -0.15) is 0 Å². The highest BCUT2D eigenvalue weighted by atomic mass is 16.7. The van der Waals surface area contributed by atoms with Gasteiger partial charge in [-0.15, -0.1) is 0 Å². The number of alkyl carbamates (subject to hydrolysis) is 1. The van der Waals surface area contributed by atoms with Crippen LogP contribution in [0.4, 0.5) is 9.59 Å². The van der Waals surface area contributed by atoms with Gasteiger partial charge in [0.1, 0.15) is 6.04 Å². The van der Waals surface area contributed by atoms with Gasteiger partial charge in [0.15, 0.2) is 6.29 Å². The summed E-state index contributed by atoms with van der Waals surface area (Å²) in [4.78, 5) is 45.8. The van der Waals surface area contributed by atoms with Gasteiger partial charge in [-0.1, -0.05) is 83.0 Å². The molecule has 2 fully saturated rings. The third kappa shape index (κ3) is 7.87. The molecular weight excluding hydrogens is 640 g/mol. The van der Waals surface area contributed by atoms with Crippen LogP contribution in [0.3, 0.4) is 0 Å². The summed E-state index contributed by atoms with van der Waals surface area (Å²) in [7, 11) is 1.23. The molecule has 5 rings (SSSR count). The van der Waals surface area contributed by atoms with Crippen molar-refractivity contribution < 1.29 is 38.8 Å². The minimum atomic E-state index is -1.24. The number of allylic oxidation sites excluding steroid dienone is 1. The zero-order valence-electron chi connectivity index (χ0n) is 29.5. The number of unbranched alkanes of at least 4 members (excludes halogenated alkanes) is 1. The molecule has 0 bridgehead atoms. The molecule has 50 heavy (non-hydrogen) atoms. The highest BCUT2D eigenvalue weighted by Gasteiger charge is 2.54. The SMILES string of the molecule is CCCCC(N(C(=O)O)[C@H]1CO[C@@H]2OCC[C@@H]21)[C@]1(Cc2ccccc2)C=C(c2ccccn2)C(NC(=O)[C@@H](NC(=O)OC)C(C)(C)C)=C[C@@H]1O. The van der Waals surface area contributed by atoms with Crippen LogP contribution in [-0.4, -0.2) is 89.0 Å². The van der Waals surface area contributed by atoms with Gasteiger partial charge in [-0.25, -0.2) is 9.59 Å². The fourth-order valence-corrected chi connectivity index (χ4v) is 7.55. The van der Waals surface area contributed by atoms with Crippen LogP contribution in [0.5, 0.6) is 0 Å². The molecule has 270 valence electrons. The number of carbonyl (C=O) groups is 3. The summed E-state index contributed by atoms with van der Waals surface area (Å²) in [6.07, 6.45) is 4.56. The Bertz CT molecular complexity index is 1560. The lowest BCUT2D eigenvalue weighted by atomic mass is 9.64. The van der Waals surface area contributed by atoms with Gasteiger partial charge in [0.2, 0.25) is 5.91 Å². The lowest BCUT2D eigenvalue weighted by Gasteiger charge is -2.50. The van der Waals surface area contributed by atoms with Crippen molar-refractivity contribution in [2.45, 2.75) is 90.3 Å². The molecule has 12 heteroatoms. The van der Waals surface area contributed by atoms with E-state index in [1.807, 2.05) is 69.3 Å². The van der Waals surface area contributed by atoms with Crippen LogP contribution in [0.1, 0.15) is 64.6 Å². The van der Waals surface area contributed by atoms with Crippen LogP contribution in [0.2, 0.25) is 0 Å². The maximum absolute atomic E-state index is 13.9. The Morgan fingerprint density at radius 3 is 2.50 bits per heavy atom. The summed E-state index contributed by atoms with van der Waals surface area (Å²) in [6, 6.07) is 13.0. The Hall–Kier alpha value is -4.26. The Labute approximate surface area is 293 Å². The molecule has 2 saturated heterocycles. The second kappa shape index (κ2) is 15.7. The lowest BCUT2D eigenvalue weighted by molar-refractivity contribution is -0.124. The minimum Gasteiger partial charge on any atom is -0.465 e. The maximum Gasteiger partial charge on any atom is 0.407 e. The molecule has 7 atom stereocenters. The number of aliphatic hydroxyl groups excluding tert-OH is 1. The van der Waals surface area contributed by atoms with Crippen molar-refractivity contribution in [2.75, 3.05) is 20.3 Å². The molecule has 2 aliphatic heterocycles. The van der Waals surface area contributed by atoms with Crippen molar-refractivity contribution in [3.8, 4) is 0 Å². The molecule has 2 aromatic rings. The Morgan fingerprint density at radius 1 is 1.12 bits per heavy atom. The van der Waals surface area contributed by atoms with Crippen molar-refractivity contribution in [1.82, 2.24) is 20.5 Å². The van der Waals surface area contributed by atoms with Crippen LogP contribution < -0.4 is 10.6 Å². The average molecular weight is 691 g/mol. The number of carbonyl (C=O) groups excluding carboxylic acids is 2. The summed E-state index contributed by atoms with van der Waals surface area (Å²) < 4.78 is 16.6. The van der Waals surface area contributed by atoms with Gasteiger partial charge in [-0.3, -0.25) is 14.7 Å². The number of fused-ring (bicyclic) bond motifs is 1. The summed E-state index contributed by atoms with van der Waals surface area (Å²) in [5, 5.41) is 29.1. The first-order chi connectivity index (χ1) is 23.9. The number of rotatable bonds is 12. The van der Waals surface area contributed by atoms with Gasteiger partial charge in [0.05, 0.1) is 38.2 Å². The number of hydrogen-bond acceptors (Lipinski definition) is 8. The summed E-state index contributed by atoms with van der Waals surface area (Å²) in [5.74, 6) is -0.644. The van der Waals surface area contributed by atoms with Gasteiger partial charge in [0.25, 0.3) is 0 Å². The van der Waals surface area contributed by atoms with Gasteiger partial charge >= 0.3 is 12.2 Å². The van der Waals surface area contributed by atoms with E-state index in [4.69, 9.17) is 14.2 Å². The fraction of sp³-hybridized carbons (Fsp3) is 0.526. The van der Waals surface area contributed by atoms with Crippen molar-refractivity contribution >= 4 is 23.7 Å². The van der Waals surface area contributed by atoms with Gasteiger partial charge in [0, 0.05) is 34.8 Å². The first-order valence-electron chi connectivity index (χ1n) is 17.4. The van der Waals surface area contributed by atoms with E-state index >= 15 is 0 Å².